The van der Waals surface area contributed by atoms with Gasteiger partial charge in [0.2, 0.25) is 5.91 Å². The van der Waals surface area contributed by atoms with Gasteiger partial charge in [0.1, 0.15) is 0 Å². The minimum atomic E-state index is 0.105. The Morgan fingerprint density at radius 1 is 1.00 bits per heavy atom. The second kappa shape index (κ2) is 9.73. The van der Waals surface area contributed by atoms with Crippen molar-refractivity contribution in [1.82, 2.24) is 10.6 Å². The van der Waals surface area contributed by atoms with Crippen molar-refractivity contribution in [2.45, 2.75) is 26.3 Å². The molecule has 0 aliphatic rings. The highest BCUT2D eigenvalue weighted by Gasteiger charge is 2.07. The summed E-state index contributed by atoms with van der Waals surface area (Å²) < 4.78 is 0. The van der Waals surface area contributed by atoms with Crippen LogP contribution in [0.3, 0.4) is 0 Å². The van der Waals surface area contributed by atoms with Gasteiger partial charge in [0.25, 0.3) is 0 Å². The monoisotopic (exact) mass is 325 g/mol. The zero-order valence-electron chi connectivity index (χ0n) is 14.6. The van der Waals surface area contributed by atoms with Gasteiger partial charge in [-0.05, 0) is 56.8 Å². The maximum Gasteiger partial charge on any atom is 0.220 e. The molecule has 0 saturated heterocycles. The van der Waals surface area contributed by atoms with E-state index in [2.05, 4.69) is 71.0 Å². The molecule has 0 fully saturated rings. The van der Waals surface area contributed by atoms with Gasteiger partial charge in [0, 0.05) is 30.9 Å². The molecule has 24 heavy (non-hydrogen) atoms. The summed E-state index contributed by atoms with van der Waals surface area (Å²) in [5, 5.41) is 6.02. The Balaban J connectivity index is 1.91. The molecule has 0 unspecified atom stereocenters. The van der Waals surface area contributed by atoms with E-state index in [1.807, 2.05) is 13.1 Å². The summed E-state index contributed by atoms with van der Waals surface area (Å²) >= 11 is 0. The second-order valence-corrected chi connectivity index (χ2v) is 5.73. The zero-order chi connectivity index (χ0) is 17.2. The van der Waals surface area contributed by atoms with Crippen molar-refractivity contribution >= 4 is 17.3 Å². The molecular formula is C20H27N3O. The molecule has 2 aromatic rings. The van der Waals surface area contributed by atoms with Gasteiger partial charge in [0.05, 0.1) is 0 Å². The van der Waals surface area contributed by atoms with E-state index >= 15 is 0 Å². The fourth-order valence-corrected chi connectivity index (χ4v) is 2.63. The molecule has 0 heterocycles. The molecule has 0 spiro atoms. The molecule has 0 bridgehead atoms. The fraction of sp³-hybridized carbons (Fsp3) is 0.350. The molecular weight excluding hydrogens is 298 g/mol. The van der Waals surface area contributed by atoms with Gasteiger partial charge in [-0.25, -0.2) is 0 Å². The maximum absolute atomic E-state index is 11.8. The van der Waals surface area contributed by atoms with Gasteiger partial charge in [-0.15, -0.1) is 0 Å². The number of nitrogens with zero attached hydrogens (tertiary/aromatic N) is 1. The minimum absolute atomic E-state index is 0.105. The van der Waals surface area contributed by atoms with Crippen molar-refractivity contribution in [3.8, 4) is 0 Å². The molecule has 4 nitrogen and oxygen atoms in total. The molecule has 0 atom stereocenters. The first-order valence-corrected chi connectivity index (χ1v) is 8.57. The first-order chi connectivity index (χ1) is 11.7. The van der Waals surface area contributed by atoms with Crippen LogP contribution in [0.5, 0.6) is 0 Å². The summed E-state index contributed by atoms with van der Waals surface area (Å²) in [7, 11) is 1.90. The summed E-state index contributed by atoms with van der Waals surface area (Å²) in [6.45, 7) is 4.50. The molecule has 1 amide bonds. The van der Waals surface area contributed by atoms with Crippen LogP contribution in [0.25, 0.3) is 0 Å². The summed E-state index contributed by atoms with van der Waals surface area (Å²) in [6, 6.07) is 18.7. The Hall–Kier alpha value is -2.33. The highest BCUT2D eigenvalue weighted by molar-refractivity contribution is 5.75. The van der Waals surface area contributed by atoms with Crippen LogP contribution in [0.4, 0.5) is 11.4 Å². The van der Waals surface area contributed by atoms with Crippen molar-refractivity contribution in [3.05, 3.63) is 60.2 Å². The van der Waals surface area contributed by atoms with Gasteiger partial charge in [0.15, 0.2) is 0 Å². The molecule has 0 aliphatic heterocycles. The van der Waals surface area contributed by atoms with E-state index in [0.717, 1.165) is 30.8 Å². The van der Waals surface area contributed by atoms with Crippen LogP contribution in [-0.2, 0) is 11.3 Å². The predicted molar refractivity (Wildman–Crippen MR) is 101 cm³/mol. The van der Waals surface area contributed by atoms with Crippen molar-refractivity contribution in [3.63, 3.8) is 0 Å². The van der Waals surface area contributed by atoms with Crippen LogP contribution in [-0.4, -0.2) is 26.0 Å². The third kappa shape index (κ3) is 5.39. The minimum Gasteiger partial charge on any atom is -0.352 e. The van der Waals surface area contributed by atoms with Gasteiger partial charge < -0.3 is 15.5 Å². The van der Waals surface area contributed by atoms with Crippen LogP contribution in [0.1, 0.15) is 25.3 Å². The number of carbonyl (C=O) groups excluding carboxylic acids is 1. The fourth-order valence-electron chi connectivity index (χ4n) is 2.63. The van der Waals surface area contributed by atoms with E-state index in [9.17, 15) is 4.79 Å². The smallest absolute Gasteiger partial charge is 0.220 e. The van der Waals surface area contributed by atoms with Crippen LogP contribution in [0.2, 0.25) is 0 Å². The molecule has 2 N–H and O–H groups in total. The Morgan fingerprint density at radius 2 is 1.67 bits per heavy atom. The van der Waals surface area contributed by atoms with E-state index in [1.165, 1.54) is 5.69 Å². The molecule has 2 aromatic carbocycles. The Morgan fingerprint density at radius 3 is 2.29 bits per heavy atom. The molecule has 2 rings (SSSR count). The highest BCUT2D eigenvalue weighted by atomic mass is 16.1. The Bertz CT molecular complexity index is 611. The van der Waals surface area contributed by atoms with Crippen LogP contribution >= 0.6 is 0 Å². The van der Waals surface area contributed by atoms with E-state index in [0.29, 0.717) is 13.0 Å². The van der Waals surface area contributed by atoms with Crippen LogP contribution in [0, 0.1) is 0 Å². The third-order valence-corrected chi connectivity index (χ3v) is 3.95. The van der Waals surface area contributed by atoms with E-state index in [-0.39, 0.29) is 5.91 Å². The van der Waals surface area contributed by atoms with Gasteiger partial charge >= 0.3 is 0 Å². The average molecular weight is 325 g/mol. The highest BCUT2D eigenvalue weighted by Crippen LogP contribution is 2.24. The largest absolute Gasteiger partial charge is 0.352 e. The van der Waals surface area contributed by atoms with Gasteiger partial charge in [-0.3, -0.25) is 4.79 Å². The number of rotatable bonds is 9. The quantitative estimate of drug-likeness (QED) is 0.694. The lowest BCUT2D eigenvalue weighted by atomic mass is 10.1. The third-order valence-electron chi connectivity index (χ3n) is 3.95. The lowest BCUT2D eigenvalue weighted by molar-refractivity contribution is -0.121. The SMILES string of the molecule is CCN(c1ccccc1)c1ccc(CNC(=O)CCCNC)cc1. The summed E-state index contributed by atoms with van der Waals surface area (Å²) in [5.41, 5.74) is 3.46. The van der Waals surface area contributed by atoms with Crippen molar-refractivity contribution in [1.29, 1.82) is 0 Å². The normalized spacial score (nSPS) is 10.4. The van der Waals surface area contributed by atoms with Crippen molar-refractivity contribution in [2.24, 2.45) is 0 Å². The maximum atomic E-state index is 11.8. The molecule has 128 valence electrons. The number of nitrogens with one attached hydrogen (secondary N) is 2. The van der Waals surface area contributed by atoms with Gasteiger partial charge in [-0.1, -0.05) is 30.3 Å². The number of hydrogen-bond acceptors (Lipinski definition) is 3. The van der Waals surface area contributed by atoms with Crippen LogP contribution in [0.15, 0.2) is 54.6 Å². The molecule has 0 saturated carbocycles. The van der Waals surface area contributed by atoms with E-state index in [1.54, 1.807) is 0 Å². The van der Waals surface area contributed by atoms with Crippen molar-refractivity contribution < 1.29 is 4.79 Å². The first-order valence-electron chi connectivity index (χ1n) is 8.57. The number of hydrogen-bond donors (Lipinski definition) is 2. The number of anilines is 2. The number of amides is 1. The average Bonchev–Trinajstić information content (AvgIpc) is 2.63. The summed E-state index contributed by atoms with van der Waals surface area (Å²) in [5.74, 6) is 0.105. The second-order valence-electron chi connectivity index (χ2n) is 5.73. The van der Waals surface area contributed by atoms with E-state index < -0.39 is 0 Å². The lowest BCUT2D eigenvalue weighted by Crippen LogP contribution is -2.23. The molecule has 0 aromatic heterocycles. The van der Waals surface area contributed by atoms with Gasteiger partial charge in [-0.2, -0.15) is 0 Å². The summed E-state index contributed by atoms with van der Waals surface area (Å²) in [4.78, 5) is 14.0. The predicted octanol–water partition coefficient (Wildman–Crippen LogP) is 3.46. The number of carbonyl (C=O) groups is 1. The Labute approximate surface area is 144 Å². The standard InChI is InChI=1S/C20H27N3O/c1-3-23(18-8-5-4-6-9-18)19-13-11-17(12-14-19)16-22-20(24)10-7-15-21-2/h4-6,8-9,11-14,21H,3,7,10,15-16H2,1-2H3,(H,22,24). The number of para-hydroxylation sites is 1. The molecule has 4 heteroatoms. The zero-order valence-corrected chi connectivity index (χ0v) is 14.6. The van der Waals surface area contributed by atoms with Crippen LogP contribution < -0.4 is 15.5 Å². The van der Waals surface area contributed by atoms with E-state index in [4.69, 9.17) is 0 Å². The molecule has 0 aliphatic carbocycles. The Kier molecular flexibility index (Phi) is 7.30. The summed E-state index contributed by atoms with van der Waals surface area (Å²) in [6.07, 6.45) is 1.43. The van der Waals surface area contributed by atoms with Crippen molar-refractivity contribution in [2.75, 3.05) is 25.0 Å². The topological polar surface area (TPSA) is 44.4 Å². The molecule has 0 radical (unpaired) electrons. The first kappa shape index (κ1) is 18.0. The number of benzene rings is 2. The lowest BCUT2D eigenvalue weighted by Gasteiger charge is -2.23.